The van der Waals surface area contributed by atoms with Gasteiger partial charge in [0.1, 0.15) is 22.6 Å². The van der Waals surface area contributed by atoms with Crippen molar-refractivity contribution in [3.05, 3.63) is 83.0 Å². The zero-order valence-corrected chi connectivity index (χ0v) is 27.0. The number of nitrogens with one attached hydrogen (secondary N) is 2. The van der Waals surface area contributed by atoms with E-state index in [1.807, 2.05) is 35.0 Å². The van der Waals surface area contributed by atoms with E-state index in [1.54, 1.807) is 43.8 Å². The lowest BCUT2D eigenvalue weighted by Gasteiger charge is -2.22. The standard InChI is InChI=1S/C32H34N6O3S.C2H4O2/c1-3-26-19-34-32(42-26)36-31(39)22-11-15-25(16-12-22)41-27-17-18-33-30-28(27)29(35-23-7-5-4-6-8-23)37-38(30)20-21-9-13-24(40-2)14-10-21;1-2(3)4/h9-19,23H,3-8,20H2,1-2H3,(H,35,37)(H,34,36,39);1H3,(H,3,4). The molecule has 6 rings (SSSR count). The highest BCUT2D eigenvalue weighted by Gasteiger charge is 2.21. The van der Waals surface area contributed by atoms with Crippen LogP contribution in [0.25, 0.3) is 11.0 Å². The fraction of sp³-hybridized carbons (Fsp3) is 0.324. The average molecular weight is 643 g/mol. The summed E-state index contributed by atoms with van der Waals surface area (Å²) in [6.07, 6.45) is 10.4. The van der Waals surface area contributed by atoms with Crippen molar-refractivity contribution in [2.75, 3.05) is 17.7 Å². The topological polar surface area (TPSA) is 140 Å². The van der Waals surface area contributed by atoms with Gasteiger partial charge in [-0.25, -0.2) is 14.6 Å². The van der Waals surface area contributed by atoms with Crippen molar-refractivity contribution in [2.45, 2.75) is 65.0 Å². The smallest absolute Gasteiger partial charge is 0.300 e. The zero-order chi connectivity index (χ0) is 32.5. The van der Waals surface area contributed by atoms with Crippen LogP contribution in [0.5, 0.6) is 17.2 Å². The Morgan fingerprint density at radius 1 is 1.00 bits per heavy atom. The maximum absolute atomic E-state index is 12.8. The summed E-state index contributed by atoms with van der Waals surface area (Å²) in [5.74, 6) is 1.83. The van der Waals surface area contributed by atoms with Gasteiger partial charge in [0.05, 0.1) is 13.7 Å². The van der Waals surface area contributed by atoms with Crippen LogP contribution in [0.4, 0.5) is 10.9 Å². The molecule has 0 unspecified atom stereocenters. The van der Waals surface area contributed by atoms with Gasteiger partial charge in [0, 0.05) is 41.9 Å². The number of nitrogens with zero attached hydrogens (tertiary/aromatic N) is 4. The van der Waals surface area contributed by atoms with Crippen molar-refractivity contribution in [3.8, 4) is 17.2 Å². The fourth-order valence-electron chi connectivity index (χ4n) is 5.21. The SMILES string of the molecule is CC(=O)O.CCc1cnc(NC(=O)c2ccc(Oc3ccnc4c3c(NC3CCCCC3)nn4Cc3ccc(OC)cc3)cc2)s1. The number of hydrogen-bond donors (Lipinski definition) is 3. The first kappa shape index (κ1) is 32.4. The molecular formula is C34H38N6O5S. The highest BCUT2D eigenvalue weighted by atomic mass is 32.1. The molecule has 0 saturated heterocycles. The van der Waals surface area contributed by atoms with Crippen LogP contribution in [0.15, 0.2) is 67.0 Å². The normalized spacial score (nSPS) is 13.0. The predicted molar refractivity (Wildman–Crippen MR) is 179 cm³/mol. The first-order valence-corrected chi connectivity index (χ1v) is 16.1. The van der Waals surface area contributed by atoms with Gasteiger partial charge in [-0.15, -0.1) is 11.3 Å². The number of fused-ring (bicyclic) bond motifs is 1. The molecule has 1 fully saturated rings. The summed E-state index contributed by atoms with van der Waals surface area (Å²) in [5.41, 5.74) is 2.37. The van der Waals surface area contributed by atoms with Gasteiger partial charge in [0.25, 0.3) is 11.9 Å². The van der Waals surface area contributed by atoms with Crippen molar-refractivity contribution < 1.29 is 24.2 Å². The minimum atomic E-state index is -0.833. The lowest BCUT2D eigenvalue weighted by atomic mass is 9.95. The first-order chi connectivity index (χ1) is 22.3. The highest BCUT2D eigenvalue weighted by Crippen LogP contribution is 2.36. The Hall–Kier alpha value is -4.97. The van der Waals surface area contributed by atoms with Gasteiger partial charge in [-0.1, -0.05) is 38.3 Å². The van der Waals surface area contributed by atoms with Crippen molar-refractivity contribution in [3.63, 3.8) is 0 Å². The second kappa shape index (κ2) is 15.3. The summed E-state index contributed by atoms with van der Waals surface area (Å²) >= 11 is 1.49. The molecule has 46 heavy (non-hydrogen) atoms. The number of hydrogen-bond acceptors (Lipinski definition) is 9. The monoisotopic (exact) mass is 642 g/mol. The van der Waals surface area contributed by atoms with E-state index in [0.717, 1.165) is 59.2 Å². The Kier molecular flexibility index (Phi) is 10.8. The maximum Gasteiger partial charge on any atom is 0.300 e. The molecule has 5 aromatic rings. The highest BCUT2D eigenvalue weighted by molar-refractivity contribution is 7.15. The molecule has 1 amide bonds. The zero-order valence-electron chi connectivity index (χ0n) is 26.2. The van der Waals surface area contributed by atoms with Gasteiger partial charge in [0.2, 0.25) is 0 Å². The number of amides is 1. The molecule has 12 heteroatoms. The molecule has 1 saturated carbocycles. The summed E-state index contributed by atoms with van der Waals surface area (Å²) in [6.45, 7) is 3.71. The van der Waals surface area contributed by atoms with Gasteiger partial charge in [-0.2, -0.15) is 5.10 Å². The number of benzene rings is 2. The average Bonchev–Trinajstić information content (AvgIpc) is 3.66. The Morgan fingerprint density at radius 3 is 2.35 bits per heavy atom. The molecule has 0 radical (unpaired) electrons. The van der Waals surface area contributed by atoms with E-state index in [1.165, 1.54) is 30.6 Å². The van der Waals surface area contributed by atoms with E-state index in [2.05, 4.69) is 22.5 Å². The molecule has 3 heterocycles. The van der Waals surface area contributed by atoms with E-state index in [-0.39, 0.29) is 5.91 Å². The lowest BCUT2D eigenvalue weighted by Crippen LogP contribution is -2.22. The van der Waals surface area contributed by atoms with Crippen LogP contribution in [0.3, 0.4) is 0 Å². The van der Waals surface area contributed by atoms with Gasteiger partial charge >= 0.3 is 0 Å². The Morgan fingerprint density at radius 2 is 1.70 bits per heavy atom. The molecule has 0 bridgehead atoms. The Labute approximate surface area is 271 Å². The van der Waals surface area contributed by atoms with Gasteiger partial charge < -0.3 is 19.9 Å². The number of ether oxygens (including phenoxy) is 2. The maximum atomic E-state index is 12.8. The van der Waals surface area contributed by atoms with E-state index in [9.17, 15) is 4.79 Å². The molecular weight excluding hydrogens is 604 g/mol. The summed E-state index contributed by atoms with van der Waals surface area (Å²) < 4.78 is 13.6. The molecule has 1 aliphatic carbocycles. The molecule has 3 N–H and O–H groups in total. The summed E-state index contributed by atoms with van der Waals surface area (Å²) in [7, 11) is 1.66. The van der Waals surface area contributed by atoms with Crippen molar-refractivity contribution in [1.29, 1.82) is 0 Å². The van der Waals surface area contributed by atoms with Crippen molar-refractivity contribution >= 4 is 45.2 Å². The van der Waals surface area contributed by atoms with E-state index in [4.69, 9.17) is 29.5 Å². The van der Waals surface area contributed by atoms with Crippen molar-refractivity contribution in [1.82, 2.24) is 19.7 Å². The van der Waals surface area contributed by atoms with Gasteiger partial charge in [-0.3, -0.25) is 14.9 Å². The number of pyridine rings is 1. The number of carboxylic acids is 1. The predicted octanol–water partition coefficient (Wildman–Crippen LogP) is 7.39. The largest absolute Gasteiger partial charge is 0.497 e. The number of carbonyl (C=O) groups is 2. The number of carboxylic acid groups (broad SMARTS) is 1. The molecule has 0 aliphatic heterocycles. The van der Waals surface area contributed by atoms with Crippen LogP contribution >= 0.6 is 11.3 Å². The summed E-state index contributed by atoms with van der Waals surface area (Å²) in [5, 5.41) is 20.4. The molecule has 240 valence electrons. The fourth-order valence-corrected chi connectivity index (χ4v) is 5.96. The third-order valence-electron chi connectivity index (χ3n) is 7.50. The third kappa shape index (κ3) is 8.39. The number of aryl methyl sites for hydroxylation is 1. The van der Waals surface area contributed by atoms with E-state index < -0.39 is 5.97 Å². The van der Waals surface area contributed by atoms with Gasteiger partial charge in [0.15, 0.2) is 16.6 Å². The number of rotatable bonds is 10. The molecule has 11 nitrogen and oxygen atoms in total. The summed E-state index contributed by atoms with van der Waals surface area (Å²) in [6, 6.07) is 17.3. The number of aromatic nitrogens is 4. The molecule has 0 atom stereocenters. The molecule has 1 aliphatic rings. The van der Waals surface area contributed by atoms with Crippen LogP contribution in [-0.4, -0.2) is 49.9 Å². The van der Waals surface area contributed by atoms with Crippen LogP contribution in [-0.2, 0) is 17.8 Å². The van der Waals surface area contributed by atoms with Crippen LogP contribution in [0.2, 0.25) is 0 Å². The number of aliphatic carboxylic acids is 1. The number of anilines is 2. The number of thiazole rings is 1. The quantitative estimate of drug-likeness (QED) is 0.142. The molecule has 2 aromatic carbocycles. The minimum absolute atomic E-state index is 0.205. The lowest BCUT2D eigenvalue weighted by molar-refractivity contribution is -0.134. The van der Waals surface area contributed by atoms with Crippen molar-refractivity contribution in [2.24, 2.45) is 0 Å². The van der Waals surface area contributed by atoms with E-state index >= 15 is 0 Å². The first-order valence-electron chi connectivity index (χ1n) is 15.3. The second-order valence-corrected chi connectivity index (χ2v) is 12.0. The van der Waals surface area contributed by atoms with Crippen LogP contribution in [0.1, 0.15) is 66.8 Å². The Balaban J connectivity index is 0.000000985. The van der Waals surface area contributed by atoms with E-state index in [0.29, 0.717) is 34.8 Å². The Bertz CT molecular complexity index is 1760. The molecule has 3 aromatic heterocycles. The second-order valence-electron chi connectivity index (χ2n) is 10.9. The summed E-state index contributed by atoms with van der Waals surface area (Å²) in [4.78, 5) is 31.9. The van der Waals surface area contributed by atoms with Gasteiger partial charge in [-0.05, 0) is 61.2 Å². The minimum Gasteiger partial charge on any atom is -0.497 e. The number of methoxy groups -OCH3 is 1. The third-order valence-corrected chi connectivity index (χ3v) is 8.56. The molecule has 0 spiro atoms. The van der Waals surface area contributed by atoms with Crippen LogP contribution < -0.4 is 20.1 Å². The number of carbonyl (C=O) groups excluding carboxylic acids is 1. The van der Waals surface area contributed by atoms with Crippen LogP contribution in [0, 0.1) is 0 Å².